The van der Waals surface area contributed by atoms with Gasteiger partial charge in [-0.25, -0.2) is 9.97 Å². The molecule has 0 aliphatic carbocycles. The minimum absolute atomic E-state index is 0.776. The molecule has 0 saturated carbocycles. The second kappa shape index (κ2) is 5.71. The number of para-hydroxylation sites is 1. The van der Waals surface area contributed by atoms with Gasteiger partial charge in [-0.15, -0.1) is 0 Å². The number of hydrogen-bond acceptors (Lipinski definition) is 5. The summed E-state index contributed by atoms with van der Waals surface area (Å²) >= 11 is 0. The van der Waals surface area contributed by atoms with Gasteiger partial charge in [0.05, 0.1) is 5.69 Å². The number of aromatic nitrogens is 2. The van der Waals surface area contributed by atoms with Crippen LogP contribution in [0, 0.1) is 0 Å². The van der Waals surface area contributed by atoms with E-state index in [0.717, 1.165) is 41.3 Å². The molecule has 2 aromatic heterocycles. The molecule has 0 fully saturated rings. The molecule has 102 valence electrons. The van der Waals surface area contributed by atoms with E-state index in [1.807, 2.05) is 37.4 Å². The Labute approximate surface area is 117 Å². The first-order valence-electron chi connectivity index (χ1n) is 6.56. The Bertz CT molecular complexity index is 708. The van der Waals surface area contributed by atoms with Crippen molar-refractivity contribution in [2.75, 3.05) is 18.9 Å². The lowest BCUT2D eigenvalue weighted by Crippen LogP contribution is -2.12. The minimum atomic E-state index is 0.776. The summed E-state index contributed by atoms with van der Waals surface area (Å²) in [5.41, 5.74) is 1.78. The predicted molar refractivity (Wildman–Crippen MR) is 79.2 cm³/mol. The molecule has 0 aliphatic heterocycles. The topological polar surface area (TPSA) is 63.0 Å². The van der Waals surface area contributed by atoms with E-state index in [4.69, 9.17) is 4.42 Å². The normalized spacial score (nSPS) is 10.8. The standard InChI is InChI=1S/C15H16N4O/c1-16-8-6-14-17-9-7-15(19-14)18-12-10-20-13-5-3-2-4-11(12)13/h2-5,7,9-10,16H,6,8H2,1H3,(H,17,18,19). The minimum Gasteiger partial charge on any atom is -0.462 e. The maximum Gasteiger partial charge on any atom is 0.136 e. The van der Waals surface area contributed by atoms with Crippen LogP contribution in [0.3, 0.4) is 0 Å². The Morgan fingerprint density at radius 2 is 2.10 bits per heavy atom. The van der Waals surface area contributed by atoms with Crippen molar-refractivity contribution in [2.45, 2.75) is 6.42 Å². The van der Waals surface area contributed by atoms with Crippen molar-refractivity contribution in [3.8, 4) is 0 Å². The number of rotatable bonds is 5. The van der Waals surface area contributed by atoms with Gasteiger partial charge in [0.15, 0.2) is 0 Å². The van der Waals surface area contributed by atoms with Crippen molar-refractivity contribution in [1.29, 1.82) is 0 Å². The number of furan rings is 1. The molecule has 0 aliphatic rings. The van der Waals surface area contributed by atoms with Gasteiger partial charge in [-0.3, -0.25) is 0 Å². The molecule has 0 atom stereocenters. The lowest BCUT2D eigenvalue weighted by molar-refractivity contribution is 0.617. The van der Waals surface area contributed by atoms with Gasteiger partial charge in [0.25, 0.3) is 0 Å². The number of nitrogens with one attached hydrogen (secondary N) is 2. The van der Waals surface area contributed by atoms with E-state index in [2.05, 4.69) is 20.6 Å². The van der Waals surface area contributed by atoms with Crippen LogP contribution in [0.1, 0.15) is 5.82 Å². The maximum atomic E-state index is 5.50. The van der Waals surface area contributed by atoms with Crippen LogP contribution in [0.15, 0.2) is 47.2 Å². The monoisotopic (exact) mass is 268 g/mol. The summed E-state index contributed by atoms with van der Waals surface area (Å²) in [5.74, 6) is 1.59. The van der Waals surface area contributed by atoms with Gasteiger partial charge in [-0.1, -0.05) is 12.1 Å². The van der Waals surface area contributed by atoms with Crippen molar-refractivity contribution in [3.05, 3.63) is 48.6 Å². The highest BCUT2D eigenvalue weighted by molar-refractivity contribution is 5.91. The van der Waals surface area contributed by atoms with Gasteiger partial charge >= 0.3 is 0 Å². The highest BCUT2D eigenvalue weighted by Gasteiger charge is 2.06. The van der Waals surface area contributed by atoms with Gasteiger partial charge < -0.3 is 15.1 Å². The number of benzene rings is 1. The van der Waals surface area contributed by atoms with E-state index in [-0.39, 0.29) is 0 Å². The summed E-state index contributed by atoms with van der Waals surface area (Å²) in [6.07, 6.45) is 4.28. The Morgan fingerprint density at radius 3 is 3.00 bits per heavy atom. The first kappa shape index (κ1) is 12.6. The lowest BCUT2D eigenvalue weighted by atomic mass is 10.2. The number of hydrogen-bond donors (Lipinski definition) is 2. The van der Waals surface area contributed by atoms with Crippen molar-refractivity contribution in [3.63, 3.8) is 0 Å². The van der Waals surface area contributed by atoms with Crippen LogP contribution in [-0.4, -0.2) is 23.6 Å². The van der Waals surface area contributed by atoms with Crippen LogP contribution in [-0.2, 0) is 6.42 Å². The third kappa shape index (κ3) is 2.62. The molecule has 0 amide bonds. The highest BCUT2D eigenvalue weighted by Crippen LogP contribution is 2.27. The Balaban J connectivity index is 1.83. The second-order valence-corrected chi connectivity index (χ2v) is 4.48. The molecular weight excluding hydrogens is 252 g/mol. The number of likely N-dealkylation sites (N-methyl/N-ethyl adjacent to an activating group) is 1. The quantitative estimate of drug-likeness (QED) is 0.745. The fourth-order valence-corrected chi connectivity index (χ4v) is 2.04. The molecule has 3 rings (SSSR count). The molecule has 0 spiro atoms. The Morgan fingerprint density at radius 1 is 1.20 bits per heavy atom. The maximum absolute atomic E-state index is 5.50. The average Bonchev–Trinajstić information content (AvgIpc) is 2.89. The van der Waals surface area contributed by atoms with E-state index in [0.29, 0.717) is 0 Å². The molecule has 2 N–H and O–H groups in total. The van der Waals surface area contributed by atoms with Crippen molar-refractivity contribution < 1.29 is 4.42 Å². The average molecular weight is 268 g/mol. The SMILES string of the molecule is CNCCc1nccc(Nc2coc3ccccc23)n1. The molecule has 20 heavy (non-hydrogen) atoms. The Kier molecular flexibility index (Phi) is 3.60. The summed E-state index contributed by atoms with van der Waals surface area (Å²) in [6.45, 7) is 0.859. The van der Waals surface area contributed by atoms with Gasteiger partial charge in [0.1, 0.15) is 23.5 Å². The zero-order valence-electron chi connectivity index (χ0n) is 11.3. The first-order chi connectivity index (χ1) is 9.86. The summed E-state index contributed by atoms with van der Waals surface area (Å²) in [4.78, 5) is 8.74. The zero-order chi connectivity index (χ0) is 13.8. The zero-order valence-corrected chi connectivity index (χ0v) is 11.3. The smallest absolute Gasteiger partial charge is 0.136 e. The van der Waals surface area contributed by atoms with Crippen molar-refractivity contribution in [2.24, 2.45) is 0 Å². The summed E-state index contributed by atoms with van der Waals surface area (Å²) in [6, 6.07) is 9.76. The largest absolute Gasteiger partial charge is 0.462 e. The van der Waals surface area contributed by atoms with Crippen LogP contribution in [0.5, 0.6) is 0 Å². The van der Waals surface area contributed by atoms with Crippen LogP contribution in [0.25, 0.3) is 11.0 Å². The van der Waals surface area contributed by atoms with E-state index in [1.54, 1.807) is 12.5 Å². The molecular formula is C15H16N4O. The first-order valence-corrected chi connectivity index (χ1v) is 6.56. The van der Waals surface area contributed by atoms with E-state index >= 15 is 0 Å². The molecule has 1 aromatic carbocycles. The fraction of sp³-hybridized carbons (Fsp3) is 0.200. The van der Waals surface area contributed by atoms with E-state index < -0.39 is 0 Å². The highest BCUT2D eigenvalue weighted by atomic mass is 16.3. The third-order valence-electron chi connectivity index (χ3n) is 3.05. The van der Waals surface area contributed by atoms with E-state index in [9.17, 15) is 0 Å². The molecule has 0 unspecified atom stereocenters. The van der Waals surface area contributed by atoms with Crippen molar-refractivity contribution in [1.82, 2.24) is 15.3 Å². The predicted octanol–water partition coefficient (Wildman–Crippen LogP) is 2.73. The molecule has 0 saturated heterocycles. The van der Waals surface area contributed by atoms with E-state index in [1.165, 1.54) is 0 Å². The van der Waals surface area contributed by atoms with Crippen molar-refractivity contribution >= 4 is 22.5 Å². The lowest BCUT2D eigenvalue weighted by Gasteiger charge is -2.05. The molecule has 2 heterocycles. The Hall–Kier alpha value is -2.40. The number of fused-ring (bicyclic) bond motifs is 1. The molecule has 0 radical (unpaired) electrons. The van der Waals surface area contributed by atoms with Crippen LogP contribution in [0.4, 0.5) is 11.5 Å². The summed E-state index contributed by atoms with van der Waals surface area (Å²) in [7, 11) is 1.92. The number of nitrogens with zero attached hydrogens (tertiary/aromatic N) is 2. The van der Waals surface area contributed by atoms with Crippen LogP contribution >= 0.6 is 0 Å². The van der Waals surface area contributed by atoms with Gasteiger partial charge in [0.2, 0.25) is 0 Å². The second-order valence-electron chi connectivity index (χ2n) is 4.48. The van der Waals surface area contributed by atoms with Gasteiger partial charge in [0, 0.05) is 24.5 Å². The van der Waals surface area contributed by atoms with Gasteiger partial charge in [-0.05, 0) is 25.2 Å². The molecule has 0 bridgehead atoms. The summed E-state index contributed by atoms with van der Waals surface area (Å²) in [5, 5.41) is 7.41. The molecule has 5 heteroatoms. The third-order valence-corrected chi connectivity index (χ3v) is 3.05. The van der Waals surface area contributed by atoms with Crippen LogP contribution in [0.2, 0.25) is 0 Å². The fourth-order valence-electron chi connectivity index (χ4n) is 2.04. The molecule has 3 aromatic rings. The molecule has 5 nitrogen and oxygen atoms in total. The van der Waals surface area contributed by atoms with Crippen LogP contribution < -0.4 is 10.6 Å². The number of anilines is 2. The van der Waals surface area contributed by atoms with Gasteiger partial charge in [-0.2, -0.15) is 0 Å². The summed E-state index contributed by atoms with van der Waals surface area (Å²) < 4.78 is 5.50.